The van der Waals surface area contributed by atoms with Crippen molar-refractivity contribution in [1.82, 2.24) is 10.2 Å². The average Bonchev–Trinajstić information content (AvgIpc) is 2.89. The second kappa shape index (κ2) is 12.6. The van der Waals surface area contributed by atoms with Gasteiger partial charge in [-0.1, -0.05) is 54.1 Å². The molecule has 0 aliphatic carbocycles. The third-order valence-electron chi connectivity index (χ3n) is 5.73. The van der Waals surface area contributed by atoms with Crippen molar-refractivity contribution < 1.29 is 22.7 Å². The normalized spacial score (nSPS) is 11.9. The van der Waals surface area contributed by atoms with Crippen molar-refractivity contribution in [2.24, 2.45) is 0 Å². The van der Waals surface area contributed by atoms with Gasteiger partial charge in [0.25, 0.3) is 0 Å². The lowest BCUT2D eigenvalue weighted by Crippen LogP contribution is -2.50. The topological polar surface area (TPSA) is 96.0 Å². The van der Waals surface area contributed by atoms with Crippen LogP contribution in [0.3, 0.4) is 0 Å². The number of ether oxygens (including phenoxy) is 1. The Bertz CT molecular complexity index is 1300. The van der Waals surface area contributed by atoms with Gasteiger partial charge in [-0.2, -0.15) is 0 Å². The molecular formula is C27H30ClN3O5S. The molecule has 196 valence electrons. The SMILES string of the molecule is CNC(=O)[C@H](C)N(Cc1ccc(Cl)cc1)C(=O)CN(c1ccc(OCc2ccccc2)cc1)S(C)(=O)=O. The molecule has 0 fully saturated rings. The van der Waals surface area contributed by atoms with Gasteiger partial charge in [-0.25, -0.2) is 8.42 Å². The Labute approximate surface area is 222 Å². The summed E-state index contributed by atoms with van der Waals surface area (Å²) in [6, 6.07) is 22.2. The van der Waals surface area contributed by atoms with E-state index >= 15 is 0 Å². The maximum absolute atomic E-state index is 13.4. The fraction of sp³-hybridized carbons (Fsp3) is 0.259. The van der Waals surface area contributed by atoms with Gasteiger partial charge >= 0.3 is 0 Å². The van der Waals surface area contributed by atoms with Gasteiger partial charge in [0.05, 0.1) is 11.9 Å². The molecule has 37 heavy (non-hydrogen) atoms. The van der Waals surface area contributed by atoms with E-state index in [0.29, 0.717) is 23.1 Å². The van der Waals surface area contributed by atoms with Crippen LogP contribution < -0.4 is 14.4 Å². The van der Waals surface area contributed by atoms with Crippen molar-refractivity contribution in [2.75, 3.05) is 24.2 Å². The Morgan fingerprint density at radius 1 is 0.946 bits per heavy atom. The molecule has 1 atom stereocenters. The molecule has 0 saturated carbocycles. The number of anilines is 1. The maximum Gasteiger partial charge on any atom is 0.244 e. The Kier molecular flexibility index (Phi) is 9.54. The third kappa shape index (κ3) is 7.96. The van der Waals surface area contributed by atoms with Crippen LogP contribution in [0.25, 0.3) is 0 Å². The first-order valence-electron chi connectivity index (χ1n) is 11.6. The van der Waals surface area contributed by atoms with Crippen LogP contribution in [0.4, 0.5) is 5.69 Å². The third-order valence-corrected chi connectivity index (χ3v) is 7.12. The summed E-state index contributed by atoms with van der Waals surface area (Å²) in [5.41, 5.74) is 2.06. The summed E-state index contributed by atoms with van der Waals surface area (Å²) in [5, 5.41) is 3.08. The minimum absolute atomic E-state index is 0.106. The average molecular weight is 544 g/mol. The number of halogens is 1. The second-order valence-electron chi connectivity index (χ2n) is 8.48. The quantitative estimate of drug-likeness (QED) is 0.396. The van der Waals surface area contributed by atoms with E-state index in [1.165, 1.54) is 11.9 Å². The molecule has 0 bridgehead atoms. The number of likely N-dealkylation sites (N-methyl/N-ethyl adjacent to an activating group) is 1. The second-order valence-corrected chi connectivity index (χ2v) is 10.8. The molecular weight excluding hydrogens is 514 g/mol. The lowest BCUT2D eigenvalue weighted by molar-refractivity contribution is -0.139. The predicted molar refractivity (Wildman–Crippen MR) is 145 cm³/mol. The Hall–Kier alpha value is -3.56. The molecule has 0 spiro atoms. The molecule has 2 amide bonds. The number of carbonyl (C=O) groups is 2. The van der Waals surface area contributed by atoms with Gasteiger partial charge in [-0.3, -0.25) is 13.9 Å². The minimum Gasteiger partial charge on any atom is -0.489 e. The molecule has 0 saturated heterocycles. The number of sulfonamides is 1. The van der Waals surface area contributed by atoms with Crippen LogP contribution in [0.5, 0.6) is 5.75 Å². The first kappa shape index (κ1) is 28.0. The summed E-state index contributed by atoms with van der Waals surface area (Å²) in [6.45, 7) is 1.59. The lowest BCUT2D eigenvalue weighted by Gasteiger charge is -2.31. The summed E-state index contributed by atoms with van der Waals surface area (Å²) < 4.78 is 32.1. The summed E-state index contributed by atoms with van der Waals surface area (Å²) in [4.78, 5) is 27.2. The van der Waals surface area contributed by atoms with Crippen LogP contribution in [-0.4, -0.2) is 51.0 Å². The predicted octanol–water partition coefficient (Wildman–Crippen LogP) is 3.85. The number of rotatable bonds is 11. The maximum atomic E-state index is 13.4. The van der Waals surface area contributed by atoms with Gasteiger partial charge < -0.3 is 15.0 Å². The van der Waals surface area contributed by atoms with Gasteiger partial charge in [-0.05, 0) is 54.4 Å². The number of amides is 2. The van der Waals surface area contributed by atoms with Crippen molar-refractivity contribution in [2.45, 2.75) is 26.1 Å². The molecule has 3 aromatic carbocycles. The number of hydrogen-bond donors (Lipinski definition) is 1. The molecule has 0 aromatic heterocycles. The highest BCUT2D eigenvalue weighted by Crippen LogP contribution is 2.23. The van der Waals surface area contributed by atoms with E-state index in [9.17, 15) is 18.0 Å². The highest BCUT2D eigenvalue weighted by molar-refractivity contribution is 7.92. The van der Waals surface area contributed by atoms with Crippen molar-refractivity contribution >= 4 is 39.1 Å². The molecule has 8 nitrogen and oxygen atoms in total. The van der Waals surface area contributed by atoms with Gasteiger partial charge in [0.2, 0.25) is 21.8 Å². The molecule has 0 aliphatic heterocycles. The first-order valence-corrected chi connectivity index (χ1v) is 13.8. The standard InChI is InChI=1S/C27H30ClN3O5S/c1-20(27(33)29-2)30(17-21-9-11-23(28)12-10-21)26(32)18-31(37(3,34)35)24-13-15-25(16-14-24)36-19-22-7-5-4-6-8-22/h4-16,20H,17-19H2,1-3H3,(H,29,33)/t20-/m0/s1. The van der Waals surface area contributed by atoms with E-state index in [-0.39, 0.29) is 12.5 Å². The zero-order valence-electron chi connectivity index (χ0n) is 20.9. The van der Waals surface area contributed by atoms with Gasteiger partial charge in [0, 0.05) is 18.6 Å². The van der Waals surface area contributed by atoms with Crippen molar-refractivity contribution in [3.05, 3.63) is 95.0 Å². The molecule has 3 aromatic rings. The number of nitrogens with zero attached hydrogens (tertiary/aromatic N) is 2. The molecule has 0 radical (unpaired) electrons. The van der Waals surface area contributed by atoms with E-state index in [4.69, 9.17) is 16.3 Å². The molecule has 0 heterocycles. The summed E-state index contributed by atoms with van der Waals surface area (Å²) in [7, 11) is -2.34. The highest BCUT2D eigenvalue weighted by atomic mass is 35.5. The monoisotopic (exact) mass is 543 g/mol. The summed E-state index contributed by atoms with van der Waals surface area (Å²) in [6.07, 6.45) is 1.03. The lowest BCUT2D eigenvalue weighted by atomic mass is 10.1. The smallest absolute Gasteiger partial charge is 0.244 e. The highest BCUT2D eigenvalue weighted by Gasteiger charge is 2.29. The molecule has 3 rings (SSSR count). The first-order chi connectivity index (χ1) is 17.6. The van der Waals surface area contributed by atoms with Crippen molar-refractivity contribution in [3.8, 4) is 5.75 Å². The largest absolute Gasteiger partial charge is 0.489 e. The van der Waals surface area contributed by atoms with Crippen LogP contribution in [-0.2, 0) is 32.8 Å². The Balaban J connectivity index is 1.80. The van der Waals surface area contributed by atoms with Crippen molar-refractivity contribution in [1.29, 1.82) is 0 Å². The van der Waals surface area contributed by atoms with Gasteiger partial charge in [0.15, 0.2) is 0 Å². The van der Waals surface area contributed by atoms with Crippen molar-refractivity contribution in [3.63, 3.8) is 0 Å². The molecule has 0 aliphatic rings. The van der Waals surface area contributed by atoms with Gasteiger partial charge in [-0.15, -0.1) is 0 Å². The zero-order valence-corrected chi connectivity index (χ0v) is 22.5. The number of carbonyl (C=O) groups excluding carboxylic acids is 2. The van der Waals surface area contributed by atoms with Crippen LogP contribution in [0.15, 0.2) is 78.9 Å². The van der Waals surface area contributed by atoms with E-state index in [0.717, 1.165) is 21.7 Å². The van der Waals surface area contributed by atoms with Crippen LogP contribution in [0.2, 0.25) is 5.02 Å². The summed E-state index contributed by atoms with van der Waals surface area (Å²) in [5.74, 6) is -0.334. The van der Waals surface area contributed by atoms with E-state index in [2.05, 4.69) is 5.32 Å². The zero-order chi connectivity index (χ0) is 27.0. The molecule has 10 heteroatoms. The van der Waals surface area contributed by atoms with E-state index in [1.54, 1.807) is 55.5 Å². The van der Waals surface area contributed by atoms with Crippen LogP contribution in [0, 0.1) is 0 Å². The fourth-order valence-electron chi connectivity index (χ4n) is 3.64. The number of benzene rings is 3. The van der Waals surface area contributed by atoms with Crippen LogP contribution in [0.1, 0.15) is 18.1 Å². The molecule has 0 unspecified atom stereocenters. The van der Waals surface area contributed by atoms with E-state index in [1.807, 2.05) is 30.3 Å². The number of hydrogen-bond acceptors (Lipinski definition) is 5. The van der Waals surface area contributed by atoms with E-state index < -0.39 is 28.5 Å². The number of nitrogens with one attached hydrogen (secondary N) is 1. The van der Waals surface area contributed by atoms with Crippen LogP contribution >= 0.6 is 11.6 Å². The molecule has 1 N–H and O–H groups in total. The Morgan fingerprint density at radius 3 is 2.14 bits per heavy atom. The van der Waals surface area contributed by atoms with Gasteiger partial charge in [0.1, 0.15) is 24.9 Å². The fourth-order valence-corrected chi connectivity index (χ4v) is 4.62. The summed E-state index contributed by atoms with van der Waals surface area (Å²) >= 11 is 5.97. The Morgan fingerprint density at radius 2 is 1.57 bits per heavy atom. The minimum atomic E-state index is -3.82.